The molecule has 0 bridgehead atoms. The number of hydrogen-bond donors (Lipinski definition) is 0. The quantitative estimate of drug-likeness (QED) is 0.834. The number of halogens is 1. The second-order valence-corrected chi connectivity index (χ2v) is 5.72. The van der Waals surface area contributed by atoms with Crippen molar-refractivity contribution in [1.29, 1.82) is 0 Å². The molecule has 1 unspecified atom stereocenters. The molecule has 0 aliphatic carbocycles. The van der Waals surface area contributed by atoms with Gasteiger partial charge < -0.3 is 19.1 Å². The highest BCUT2D eigenvalue weighted by atomic mass is 19.1. The van der Waals surface area contributed by atoms with Gasteiger partial charge in [0.2, 0.25) is 0 Å². The average molecular weight is 345 g/mol. The zero-order valence-corrected chi connectivity index (χ0v) is 14.2. The molecule has 0 radical (unpaired) electrons. The van der Waals surface area contributed by atoms with Crippen molar-refractivity contribution in [3.8, 4) is 11.5 Å². The van der Waals surface area contributed by atoms with Crippen molar-refractivity contribution in [2.24, 2.45) is 0 Å². The van der Waals surface area contributed by atoms with E-state index >= 15 is 0 Å². The number of rotatable bonds is 5. The monoisotopic (exact) mass is 345 g/mol. The predicted octanol–water partition coefficient (Wildman–Crippen LogP) is 3.28. The van der Waals surface area contributed by atoms with Crippen molar-refractivity contribution in [2.75, 3.05) is 32.3 Å². The maximum absolute atomic E-state index is 14.6. The lowest BCUT2D eigenvalue weighted by molar-refractivity contribution is 0.0967. The minimum Gasteiger partial charge on any atom is -0.493 e. The van der Waals surface area contributed by atoms with Crippen LogP contribution in [0.2, 0.25) is 0 Å². The molecule has 1 aliphatic rings. The number of nitrogens with zero attached hydrogens (tertiary/aromatic N) is 1. The highest BCUT2D eigenvalue weighted by Crippen LogP contribution is 2.32. The first-order chi connectivity index (χ1) is 12.2. The zero-order chi connectivity index (χ0) is 17.8. The summed E-state index contributed by atoms with van der Waals surface area (Å²) < 4.78 is 30.3. The molecule has 0 N–H and O–H groups in total. The maximum atomic E-state index is 14.6. The number of anilines is 1. The van der Waals surface area contributed by atoms with E-state index in [1.165, 1.54) is 26.4 Å². The molecule has 0 aromatic heterocycles. The number of carbonyl (C=O) groups excluding carboxylic acids is 1. The standard InChI is InChI=1S/C19H20FNO4/c1-23-17-10-15(16(20)11-18(17)24-2)19(22)21(14-8-9-25-12-14)13-6-4-3-5-7-13/h3-7,10-11,14H,8-9,12H2,1-2H3. The lowest BCUT2D eigenvalue weighted by atomic mass is 10.1. The van der Waals surface area contributed by atoms with Crippen molar-refractivity contribution in [2.45, 2.75) is 12.5 Å². The van der Waals surface area contributed by atoms with Gasteiger partial charge in [-0.25, -0.2) is 4.39 Å². The van der Waals surface area contributed by atoms with E-state index in [9.17, 15) is 9.18 Å². The van der Waals surface area contributed by atoms with Gasteiger partial charge in [-0.3, -0.25) is 4.79 Å². The van der Waals surface area contributed by atoms with Crippen LogP contribution in [0, 0.1) is 5.82 Å². The molecule has 1 fully saturated rings. The van der Waals surface area contributed by atoms with Crippen molar-refractivity contribution in [3.05, 3.63) is 53.8 Å². The molecule has 6 heteroatoms. The van der Waals surface area contributed by atoms with E-state index in [1.807, 2.05) is 30.3 Å². The Kier molecular flexibility index (Phi) is 5.19. The minimum absolute atomic E-state index is 0.0617. The van der Waals surface area contributed by atoms with Crippen LogP contribution in [0.25, 0.3) is 0 Å². The summed E-state index contributed by atoms with van der Waals surface area (Å²) in [5.74, 6) is -0.530. The van der Waals surface area contributed by atoms with Gasteiger partial charge in [0.1, 0.15) is 5.82 Å². The van der Waals surface area contributed by atoms with Crippen LogP contribution in [-0.2, 0) is 4.74 Å². The Morgan fingerprint density at radius 2 is 1.84 bits per heavy atom. The fourth-order valence-corrected chi connectivity index (χ4v) is 2.96. The van der Waals surface area contributed by atoms with Gasteiger partial charge in [-0.05, 0) is 24.6 Å². The summed E-state index contributed by atoms with van der Waals surface area (Å²) in [5.41, 5.74) is 0.644. The number of methoxy groups -OCH3 is 2. The number of para-hydroxylation sites is 1. The fraction of sp³-hybridized carbons (Fsp3) is 0.316. The van der Waals surface area contributed by atoms with E-state index in [0.29, 0.717) is 31.1 Å². The minimum atomic E-state index is -0.650. The van der Waals surface area contributed by atoms with Crippen LogP contribution in [-0.4, -0.2) is 39.4 Å². The molecule has 5 nitrogen and oxygen atoms in total. The second kappa shape index (κ2) is 7.53. The average Bonchev–Trinajstić information content (AvgIpc) is 3.16. The summed E-state index contributed by atoms with van der Waals surface area (Å²) in [6.07, 6.45) is 0.704. The highest BCUT2D eigenvalue weighted by Gasteiger charge is 2.31. The SMILES string of the molecule is COc1cc(F)c(C(=O)N(c2ccccc2)C2CCOC2)cc1OC. The summed E-state index contributed by atoms with van der Waals surface area (Å²) in [7, 11) is 2.87. The van der Waals surface area contributed by atoms with Crippen LogP contribution in [0.1, 0.15) is 16.8 Å². The molecular weight excluding hydrogens is 325 g/mol. The van der Waals surface area contributed by atoms with E-state index in [4.69, 9.17) is 14.2 Å². The molecule has 2 aromatic carbocycles. The molecule has 3 rings (SSSR count). The Balaban J connectivity index is 2.03. The smallest absolute Gasteiger partial charge is 0.261 e. The summed E-state index contributed by atoms with van der Waals surface area (Å²) in [6, 6.07) is 11.6. The fourth-order valence-electron chi connectivity index (χ4n) is 2.96. The third-order valence-corrected chi connectivity index (χ3v) is 4.23. The second-order valence-electron chi connectivity index (χ2n) is 5.72. The van der Waals surface area contributed by atoms with Gasteiger partial charge in [-0.2, -0.15) is 0 Å². The summed E-state index contributed by atoms with van der Waals surface area (Å²) in [4.78, 5) is 14.7. The normalized spacial score (nSPS) is 16.5. The van der Waals surface area contributed by atoms with Crippen LogP contribution in [0.3, 0.4) is 0 Å². The van der Waals surface area contributed by atoms with Gasteiger partial charge in [0.05, 0.1) is 32.4 Å². The number of amides is 1. The van der Waals surface area contributed by atoms with Crippen LogP contribution < -0.4 is 14.4 Å². The predicted molar refractivity (Wildman–Crippen MR) is 92.0 cm³/mol. The largest absolute Gasteiger partial charge is 0.493 e. The molecule has 1 amide bonds. The molecule has 1 atom stereocenters. The number of hydrogen-bond acceptors (Lipinski definition) is 4. The van der Waals surface area contributed by atoms with E-state index in [-0.39, 0.29) is 17.4 Å². The third kappa shape index (κ3) is 3.44. The summed E-state index contributed by atoms with van der Waals surface area (Å²) in [5, 5.41) is 0. The lowest BCUT2D eigenvalue weighted by Crippen LogP contribution is -2.41. The van der Waals surface area contributed by atoms with Gasteiger partial charge in [0.25, 0.3) is 5.91 Å². The maximum Gasteiger partial charge on any atom is 0.261 e. The van der Waals surface area contributed by atoms with Crippen LogP contribution in [0.15, 0.2) is 42.5 Å². The molecule has 1 saturated heterocycles. The van der Waals surface area contributed by atoms with Crippen molar-refractivity contribution in [3.63, 3.8) is 0 Å². The van der Waals surface area contributed by atoms with Gasteiger partial charge in [0, 0.05) is 18.4 Å². The van der Waals surface area contributed by atoms with Crippen LogP contribution >= 0.6 is 0 Å². The van der Waals surface area contributed by atoms with Crippen molar-refractivity contribution >= 4 is 11.6 Å². The molecule has 1 heterocycles. The first-order valence-electron chi connectivity index (χ1n) is 8.03. The topological polar surface area (TPSA) is 48.0 Å². The highest BCUT2D eigenvalue weighted by molar-refractivity contribution is 6.07. The summed E-state index contributed by atoms with van der Waals surface area (Å²) in [6.45, 7) is 1.01. The molecule has 1 aliphatic heterocycles. The molecule has 0 saturated carbocycles. The van der Waals surface area contributed by atoms with Gasteiger partial charge in [-0.15, -0.1) is 0 Å². The Bertz CT molecular complexity index is 745. The number of carbonyl (C=O) groups is 1. The lowest BCUT2D eigenvalue weighted by Gasteiger charge is -2.28. The van der Waals surface area contributed by atoms with E-state index in [0.717, 1.165) is 0 Å². The first-order valence-corrected chi connectivity index (χ1v) is 8.03. The first kappa shape index (κ1) is 17.2. The summed E-state index contributed by atoms with van der Waals surface area (Å²) >= 11 is 0. The molecule has 2 aromatic rings. The van der Waals surface area contributed by atoms with Gasteiger partial charge in [0.15, 0.2) is 11.5 Å². The van der Waals surface area contributed by atoms with Gasteiger partial charge in [-0.1, -0.05) is 18.2 Å². The number of ether oxygens (including phenoxy) is 3. The van der Waals surface area contributed by atoms with Crippen LogP contribution in [0.5, 0.6) is 11.5 Å². The molecule has 132 valence electrons. The molecular formula is C19H20FNO4. The Hall–Kier alpha value is -2.60. The Morgan fingerprint density at radius 3 is 2.44 bits per heavy atom. The van der Waals surface area contributed by atoms with E-state index in [1.54, 1.807) is 4.90 Å². The Morgan fingerprint density at radius 1 is 1.16 bits per heavy atom. The molecule has 25 heavy (non-hydrogen) atoms. The van der Waals surface area contributed by atoms with Crippen LogP contribution in [0.4, 0.5) is 10.1 Å². The zero-order valence-electron chi connectivity index (χ0n) is 14.2. The van der Waals surface area contributed by atoms with Crippen molar-refractivity contribution < 1.29 is 23.4 Å². The van der Waals surface area contributed by atoms with E-state index < -0.39 is 11.7 Å². The Labute approximate surface area is 145 Å². The third-order valence-electron chi connectivity index (χ3n) is 4.23. The van der Waals surface area contributed by atoms with E-state index in [2.05, 4.69) is 0 Å². The van der Waals surface area contributed by atoms with Gasteiger partial charge >= 0.3 is 0 Å². The van der Waals surface area contributed by atoms with Crippen molar-refractivity contribution in [1.82, 2.24) is 0 Å². The number of benzene rings is 2. The molecule has 0 spiro atoms.